The summed E-state index contributed by atoms with van der Waals surface area (Å²) in [6.07, 6.45) is -1.83. The van der Waals surface area contributed by atoms with E-state index in [1.54, 1.807) is 53.8 Å². The van der Waals surface area contributed by atoms with E-state index in [-0.39, 0.29) is 51.5 Å². The number of hydrogen-bond acceptors (Lipinski definition) is 11. The summed E-state index contributed by atoms with van der Waals surface area (Å²) in [5, 5.41) is 27.4. The zero-order chi connectivity index (χ0) is 40.0. The molecule has 2 aromatic heterocycles. The quantitative estimate of drug-likeness (QED) is 0.144. The zero-order valence-corrected chi connectivity index (χ0v) is 32.6. The van der Waals surface area contributed by atoms with Gasteiger partial charge < -0.3 is 34.7 Å². The number of oxazole rings is 1. The maximum atomic E-state index is 14.0. The number of pyridine rings is 1. The lowest BCUT2D eigenvalue weighted by molar-refractivity contribution is -0.144. The number of ether oxygens (including phenoxy) is 2. The largest absolute Gasteiger partial charge is 0.495 e. The number of β-amino-alcohol motifs (C(OH)–C–C–N with tert-alkyl or cyclic N) is 1. The van der Waals surface area contributed by atoms with Crippen LogP contribution in [0.2, 0.25) is 0 Å². The van der Waals surface area contributed by atoms with Gasteiger partial charge in [0.1, 0.15) is 36.8 Å². The van der Waals surface area contributed by atoms with Gasteiger partial charge in [-0.25, -0.2) is 4.98 Å². The van der Waals surface area contributed by atoms with Crippen LogP contribution in [0.15, 0.2) is 83.7 Å². The number of carbonyl (C=O) groups is 2. The maximum absolute atomic E-state index is 14.0. The topological polar surface area (TPSA) is 163 Å². The average molecular weight is 817 g/mol. The van der Waals surface area contributed by atoms with Gasteiger partial charge in [0.05, 0.1) is 37.2 Å². The highest BCUT2D eigenvalue weighted by Gasteiger charge is 2.43. The summed E-state index contributed by atoms with van der Waals surface area (Å²) in [5.41, 5.74) is 1.22. The number of carbonyl (C=O) groups excluding carboxylic acids is 2. The van der Waals surface area contributed by atoms with Gasteiger partial charge in [0.15, 0.2) is 5.76 Å². The van der Waals surface area contributed by atoms with Crippen molar-refractivity contribution in [3.63, 3.8) is 0 Å². The molecule has 2 aliphatic heterocycles. The molecule has 1 fully saturated rings. The Labute approximate surface area is 335 Å². The van der Waals surface area contributed by atoms with Crippen molar-refractivity contribution in [1.29, 1.82) is 0 Å². The highest BCUT2D eigenvalue weighted by molar-refractivity contribution is 5.85. The predicted molar refractivity (Wildman–Crippen MR) is 206 cm³/mol. The highest BCUT2D eigenvalue weighted by atomic mass is 35.5. The van der Waals surface area contributed by atoms with Crippen molar-refractivity contribution in [3.8, 4) is 22.8 Å². The number of aromatic nitrogens is 2. The molecule has 17 heteroatoms. The van der Waals surface area contributed by atoms with Crippen molar-refractivity contribution in [2.45, 2.75) is 62.7 Å². The lowest BCUT2D eigenvalue weighted by Crippen LogP contribution is -2.63. The molecule has 4 aromatic rings. The SMILES string of the molecule is COc1cncc(-c2cnc(C(C)(C)N3CCN(C[C@@H](O)C[C@@H](Cc4ccccc4)C(=O)NC4c5ccccc5OC[C@H]4O)[C@H](C(=O)NCC(F)(F)F)C3)o2)c1.Cl. The summed E-state index contributed by atoms with van der Waals surface area (Å²) in [4.78, 5) is 39.7. The molecule has 0 saturated carbocycles. The summed E-state index contributed by atoms with van der Waals surface area (Å²) in [6.45, 7) is 2.65. The van der Waals surface area contributed by atoms with E-state index in [1.165, 1.54) is 7.11 Å². The minimum atomic E-state index is -4.63. The van der Waals surface area contributed by atoms with Crippen LogP contribution in [0.5, 0.6) is 11.5 Å². The second-order valence-corrected chi connectivity index (χ2v) is 14.7. The lowest BCUT2D eigenvalue weighted by atomic mass is 9.90. The Morgan fingerprint density at radius 2 is 1.79 bits per heavy atom. The number of hydrogen-bond donors (Lipinski definition) is 4. The minimum absolute atomic E-state index is 0. The fraction of sp³-hybridized carbons (Fsp3) is 0.450. The third kappa shape index (κ3) is 10.8. The Kier molecular flexibility index (Phi) is 14.2. The van der Waals surface area contributed by atoms with E-state index in [0.717, 1.165) is 5.56 Å². The molecule has 5 atom stereocenters. The number of piperazine rings is 1. The summed E-state index contributed by atoms with van der Waals surface area (Å²) in [7, 11) is 1.52. The number of aliphatic hydroxyl groups excluding tert-OH is 2. The van der Waals surface area contributed by atoms with Crippen LogP contribution in [-0.2, 0) is 21.5 Å². The van der Waals surface area contributed by atoms with E-state index < -0.39 is 60.3 Å². The molecular weight excluding hydrogens is 769 g/mol. The molecule has 4 heterocycles. The second kappa shape index (κ2) is 18.7. The van der Waals surface area contributed by atoms with Gasteiger partial charge in [0.2, 0.25) is 17.7 Å². The number of para-hydroxylation sites is 1. The van der Waals surface area contributed by atoms with Crippen LogP contribution in [0.25, 0.3) is 11.3 Å². The van der Waals surface area contributed by atoms with Crippen LogP contribution in [0.1, 0.15) is 43.3 Å². The van der Waals surface area contributed by atoms with E-state index in [9.17, 15) is 33.0 Å². The summed E-state index contributed by atoms with van der Waals surface area (Å²) < 4.78 is 56.9. The Bertz CT molecular complexity index is 1950. The fourth-order valence-corrected chi connectivity index (χ4v) is 7.24. The number of fused-ring (bicyclic) bond motifs is 1. The first kappa shape index (κ1) is 43.4. The highest BCUT2D eigenvalue weighted by Crippen LogP contribution is 2.35. The Morgan fingerprint density at radius 1 is 1.05 bits per heavy atom. The summed E-state index contributed by atoms with van der Waals surface area (Å²) >= 11 is 0. The van der Waals surface area contributed by atoms with Crippen molar-refractivity contribution in [3.05, 3.63) is 96.3 Å². The predicted octanol–water partition coefficient (Wildman–Crippen LogP) is 4.29. The number of aliphatic hydroxyl groups is 2. The standard InChI is InChI=1S/C40H47F3N6O7.ClH/c1-39(2,38-45-20-34(56-38)27-17-29(54-3)19-44-18-27)49-14-13-48(31(22-49)37(53)46-24-40(41,42)43)21-28(50)16-26(15-25-9-5-4-6-10-25)36(52)47-35-30-11-7-8-12-33(30)55-23-32(35)51;/h4-12,17-20,26,28,31-32,35,50-51H,13-16,21-24H2,1-3H3,(H,46,53)(H,47,52);1H/t26-,28+,31+,32-,35?;/m1./s1. The third-order valence-corrected chi connectivity index (χ3v) is 10.4. The molecule has 0 aliphatic carbocycles. The molecule has 2 amide bonds. The van der Waals surface area contributed by atoms with Crippen molar-refractivity contribution >= 4 is 24.2 Å². The van der Waals surface area contributed by atoms with Gasteiger partial charge in [-0.05, 0) is 44.4 Å². The third-order valence-electron chi connectivity index (χ3n) is 10.4. The van der Waals surface area contributed by atoms with E-state index in [4.69, 9.17) is 13.9 Å². The molecular formula is C40H48ClF3N6O7. The van der Waals surface area contributed by atoms with Crippen molar-refractivity contribution in [2.75, 3.05) is 46.4 Å². The number of benzene rings is 2. The van der Waals surface area contributed by atoms with Crippen LogP contribution in [0, 0.1) is 5.92 Å². The van der Waals surface area contributed by atoms with Crippen molar-refractivity contribution in [2.24, 2.45) is 5.92 Å². The average Bonchev–Trinajstić information content (AvgIpc) is 3.70. The fourth-order valence-electron chi connectivity index (χ4n) is 7.24. The first-order valence-electron chi connectivity index (χ1n) is 18.4. The van der Waals surface area contributed by atoms with Crippen molar-refractivity contribution < 1.29 is 46.9 Å². The van der Waals surface area contributed by atoms with E-state index in [2.05, 4.69) is 15.3 Å². The zero-order valence-electron chi connectivity index (χ0n) is 31.8. The molecule has 6 rings (SSSR count). The molecule has 4 N–H and O–H groups in total. The van der Waals surface area contributed by atoms with Crippen LogP contribution in [0.3, 0.4) is 0 Å². The monoisotopic (exact) mass is 816 g/mol. The molecule has 0 spiro atoms. The van der Waals surface area contributed by atoms with Crippen LogP contribution in [-0.4, -0.2) is 113 Å². The molecule has 308 valence electrons. The van der Waals surface area contributed by atoms with Gasteiger partial charge in [0.25, 0.3) is 0 Å². The smallest absolute Gasteiger partial charge is 0.405 e. The lowest BCUT2D eigenvalue weighted by Gasteiger charge is -2.46. The van der Waals surface area contributed by atoms with Gasteiger partial charge in [-0.1, -0.05) is 48.5 Å². The first-order chi connectivity index (χ1) is 26.7. The van der Waals surface area contributed by atoms with Gasteiger partial charge in [-0.15, -0.1) is 12.4 Å². The first-order valence-corrected chi connectivity index (χ1v) is 18.4. The Hall–Kier alpha value is -4.74. The molecule has 1 saturated heterocycles. The van der Waals surface area contributed by atoms with E-state index in [0.29, 0.717) is 40.8 Å². The number of nitrogens with zero attached hydrogens (tertiary/aromatic N) is 4. The van der Waals surface area contributed by atoms with E-state index >= 15 is 0 Å². The van der Waals surface area contributed by atoms with Gasteiger partial charge in [-0.3, -0.25) is 24.4 Å². The Morgan fingerprint density at radius 3 is 2.53 bits per heavy atom. The molecule has 0 radical (unpaired) electrons. The maximum Gasteiger partial charge on any atom is 0.405 e. The van der Waals surface area contributed by atoms with E-state index in [1.807, 2.05) is 54.4 Å². The number of methoxy groups -OCH3 is 1. The molecule has 0 bridgehead atoms. The molecule has 13 nitrogen and oxygen atoms in total. The molecule has 2 aromatic carbocycles. The molecule has 1 unspecified atom stereocenters. The Balaban J connectivity index is 0.00000620. The van der Waals surface area contributed by atoms with Crippen molar-refractivity contribution in [1.82, 2.24) is 30.4 Å². The number of alkyl halides is 3. The normalized spacial score (nSPS) is 20.0. The van der Waals surface area contributed by atoms with Crippen LogP contribution < -0.4 is 20.1 Å². The van der Waals surface area contributed by atoms with Gasteiger partial charge in [-0.2, -0.15) is 13.2 Å². The van der Waals surface area contributed by atoms with Crippen LogP contribution in [0.4, 0.5) is 13.2 Å². The number of rotatable bonds is 14. The summed E-state index contributed by atoms with van der Waals surface area (Å²) in [5.74, 6) is -0.160. The summed E-state index contributed by atoms with van der Waals surface area (Å²) in [6, 6.07) is 16.3. The number of halogens is 4. The van der Waals surface area contributed by atoms with Gasteiger partial charge >= 0.3 is 6.18 Å². The number of nitrogens with one attached hydrogen (secondary N) is 2. The molecule has 57 heavy (non-hydrogen) atoms. The molecule has 2 aliphatic rings. The second-order valence-electron chi connectivity index (χ2n) is 14.7. The van der Waals surface area contributed by atoms with Gasteiger partial charge in [0, 0.05) is 49.4 Å². The van der Waals surface area contributed by atoms with Crippen LogP contribution >= 0.6 is 12.4 Å². The number of amides is 2. The minimum Gasteiger partial charge on any atom is -0.495 e.